The molecule has 1 aromatic heterocycles. The zero-order valence-electron chi connectivity index (χ0n) is 10.1. The molecule has 0 spiro atoms. The molecule has 2 atom stereocenters. The second-order valence-electron chi connectivity index (χ2n) is 4.65. The Balaban J connectivity index is 1.89. The summed E-state index contributed by atoms with van der Waals surface area (Å²) in [6, 6.07) is 0.549. The largest absolute Gasteiger partial charge is 0.349 e. The Morgan fingerprint density at radius 3 is 2.70 bits per heavy atom. The van der Waals surface area contributed by atoms with E-state index in [1.54, 1.807) is 6.07 Å². The Kier molecular flexibility index (Phi) is 3.33. The molecule has 1 aromatic rings. The van der Waals surface area contributed by atoms with Crippen LogP contribution in [-0.2, 0) is 4.79 Å². The second kappa shape index (κ2) is 4.88. The van der Waals surface area contributed by atoms with Crippen molar-refractivity contribution in [3.05, 3.63) is 20.8 Å². The van der Waals surface area contributed by atoms with Gasteiger partial charge in [-0.3, -0.25) is 14.9 Å². The van der Waals surface area contributed by atoms with Crippen molar-refractivity contribution >= 4 is 49.7 Å². The third-order valence-electron chi connectivity index (χ3n) is 3.39. The topological polar surface area (TPSA) is 92.2 Å². The maximum Gasteiger partial charge on any atom is 0.322 e. The predicted molar refractivity (Wildman–Crippen MR) is 76.3 cm³/mol. The number of hydrogen-bond donors (Lipinski definition) is 3. The summed E-state index contributed by atoms with van der Waals surface area (Å²) in [7, 11) is 0. The normalized spacial score (nSPS) is 25.0. The Morgan fingerprint density at radius 1 is 1.30 bits per heavy atom. The number of rotatable bonds is 2. The summed E-state index contributed by atoms with van der Waals surface area (Å²) in [6.45, 7) is 0.408. The van der Waals surface area contributed by atoms with Crippen LogP contribution in [0.5, 0.6) is 0 Å². The average molecular weight is 406 g/mol. The van der Waals surface area contributed by atoms with Gasteiger partial charge in [0.25, 0.3) is 11.8 Å². The number of imide groups is 1. The molecule has 9 heteroatoms. The summed E-state index contributed by atoms with van der Waals surface area (Å²) in [4.78, 5) is 34.6. The van der Waals surface area contributed by atoms with Crippen molar-refractivity contribution in [3.63, 3.8) is 0 Å². The predicted octanol–water partition coefficient (Wildman–Crippen LogP) is 0.896. The van der Waals surface area contributed by atoms with Gasteiger partial charge in [-0.1, -0.05) is 0 Å². The van der Waals surface area contributed by atoms with E-state index in [0.717, 1.165) is 9.08 Å². The fraction of sp³-hybridized carbons (Fsp3) is 0.364. The third-order valence-corrected chi connectivity index (χ3v) is 5.34. The van der Waals surface area contributed by atoms with Crippen molar-refractivity contribution in [1.29, 1.82) is 0 Å². The van der Waals surface area contributed by atoms with E-state index >= 15 is 0 Å². The molecule has 0 radical (unpaired) electrons. The van der Waals surface area contributed by atoms with E-state index in [9.17, 15) is 14.4 Å². The van der Waals surface area contributed by atoms with E-state index in [-0.39, 0.29) is 17.9 Å². The number of carbonyl (C=O) groups excluding carboxylic acids is 3. The van der Waals surface area contributed by atoms with Crippen molar-refractivity contribution in [3.8, 4) is 0 Å². The summed E-state index contributed by atoms with van der Waals surface area (Å²) in [5.41, 5.74) is 0.518. The molecule has 0 saturated carbocycles. The molecule has 3 heterocycles. The first-order valence-corrected chi connectivity index (χ1v) is 7.51. The Hall–Kier alpha value is -1.35. The SMILES string of the molecule is O=C1NC(=O)[C@@H](C[C@@H]2CNC(=O)c3cc(Br)c(Br)n32)N1. The molecule has 20 heavy (non-hydrogen) atoms. The summed E-state index contributed by atoms with van der Waals surface area (Å²) >= 11 is 6.80. The first-order valence-electron chi connectivity index (χ1n) is 5.93. The average Bonchev–Trinajstić information content (AvgIpc) is 2.86. The van der Waals surface area contributed by atoms with Crippen molar-refractivity contribution in [2.75, 3.05) is 6.54 Å². The minimum atomic E-state index is -0.580. The number of hydrogen-bond acceptors (Lipinski definition) is 3. The van der Waals surface area contributed by atoms with Crippen LogP contribution in [0.3, 0.4) is 0 Å². The molecule has 0 aliphatic carbocycles. The smallest absolute Gasteiger partial charge is 0.322 e. The molecule has 3 rings (SSSR count). The Labute approximate surface area is 130 Å². The molecule has 4 amide bonds. The van der Waals surface area contributed by atoms with E-state index in [4.69, 9.17) is 0 Å². The standard InChI is InChI=1S/C11H10Br2N4O3/c12-5-2-7-10(19)14-3-4(17(7)8(5)13)1-6-9(18)16-11(20)15-6/h2,4,6H,1,3H2,(H,14,19)(H2,15,16,18,20)/t4-,6-/m1/s1. The van der Waals surface area contributed by atoms with Gasteiger partial charge in [0.2, 0.25) is 0 Å². The van der Waals surface area contributed by atoms with Crippen LogP contribution in [-0.4, -0.2) is 35.0 Å². The van der Waals surface area contributed by atoms with Crippen molar-refractivity contribution in [2.24, 2.45) is 0 Å². The number of urea groups is 1. The third kappa shape index (κ3) is 2.14. The minimum absolute atomic E-state index is 0.113. The van der Waals surface area contributed by atoms with Crippen LogP contribution in [0.2, 0.25) is 0 Å². The number of nitrogens with zero attached hydrogens (tertiary/aromatic N) is 1. The fourth-order valence-electron chi connectivity index (χ4n) is 2.48. The monoisotopic (exact) mass is 404 g/mol. The first-order chi connectivity index (χ1) is 9.47. The summed E-state index contributed by atoms with van der Waals surface area (Å²) in [6.07, 6.45) is 0.407. The lowest BCUT2D eigenvalue weighted by atomic mass is 10.1. The maximum absolute atomic E-state index is 11.8. The molecule has 0 unspecified atom stereocenters. The Morgan fingerprint density at radius 2 is 2.05 bits per heavy atom. The highest BCUT2D eigenvalue weighted by atomic mass is 79.9. The maximum atomic E-state index is 11.8. The lowest BCUT2D eigenvalue weighted by Crippen LogP contribution is -2.42. The van der Waals surface area contributed by atoms with Crippen LogP contribution in [0.1, 0.15) is 23.0 Å². The zero-order valence-corrected chi connectivity index (χ0v) is 13.2. The zero-order chi connectivity index (χ0) is 14.4. The van der Waals surface area contributed by atoms with Crippen LogP contribution in [0.25, 0.3) is 0 Å². The lowest BCUT2D eigenvalue weighted by molar-refractivity contribution is -0.120. The van der Waals surface area contributed by atoms with Gasteiger partial charge in [-0.05, 0) is 44.3 Å². The molecule has 2 aliphatic rings. The van der Waals surface area contributed by atoms with Gasteiger partial charge in [0, 0.05) is 6.54 Å². The lowest BCUT2D eigenvalue weighted by Gasteiger charge is -2.28. The van der Waals surface area contributed by atoms with Crippen LogP contribution in [0, 0.1) is 0 Å². The first kappa shape index (κ1) is 13.6. The number of halogens is 2. The summed E-state index contributed by atoms with van der Waals surface area (Å²) < 4.78 is 3.35. The van der Waals surface area contributed by atoms with Gasteiger partial charge in [-0.25, -0.2) is 4.79 Å². The highest BCUT2D eigenvalue weighted by molar-refractivity contribution is 9.13. The van der Waals surface area contributed by atoms with E-state index in [0.29, 0.717) is 18.7 Å². The van der Waals surface area contributed by atoms with Gasteiger partial charge >= 0.3 is 6.03 Å². The molecule has 1 fully saturated rings. The summed E-state index contributed by atoms with van der Waals surface area (Å²) in [5, 5.41) is 7.55. The van der Waals surface area contributed by atoms with Gasteiger partial charge in [0.15, 0.2) is 0 Å². The van der Waals surface area contributed by atoms with Crippen molar-refractivity contribution < 1.29 is 14.4 Å². The van der Waals surface area contributed by atoms with Crippen LogP contribution in [0.15, 0.2) is 15.1 Å². The quantitative estimate of drug-likeness (QED) is 0.638. The van der Waals surface area contributed by atoms with Crippen molar-refractivity contribution in [2.45, 2.75) is 18.5 Å². The van der Waals surface area contributed by atoms with Gasteiger partial charge in [-0.15, -0.1) is 0 Å². The molecular formula is C11H10Br2N4O3. The van der Waals surface area contributed by atoms with Gasteiger partial charge in [0.05, 0.1) is 15.1 Å². The number of fused-ring (bicyclic) bond motifs is 1. The van der Waals surface area contributed by atoms with Crippen molar-refractivity contribution in [1.82, 2.24) is 20.5 Å². The summed E-state index contributed by atoms with van der Waals surface area (Å²) in [5.74, 6) is -0.497. The Bertz CT molecular complexity index is 627. The van der Waals surface area contributed by atoms with Crippen LogP contribution < -0.4 is 16.0 Å². The number of aromatic nitrogens is 1. The van der Waals surface area contributed by atoms with E-state index in [1.807, 2.05) is 4.57 Å². The van der Waals surface area contributed by atoms with Gasteiger partial charge in [0.1, 0.15) is 11.7 Å². The molecule has 106 valence electrons. The molecule has 3 N–H and O–H groups in total. The molecule has 0 aromatic carbocycles. The van der Waals surface area contributed by atoms with Crippen LogP contribution in [0.4, 0.5) is 4.79 Å². The van der Waals surface area contributed by atoms with Crippen LogP contribution >= 0.6 is 31.9 Å². The van der Waals surface area contributed by atoms with E-state index < -0.39 is 12.1 Å². The molecule has 7 nitrogen and oxygen atoms in total. The molecular weight excluding hydrogens is 396 g/mol. The highest BCUT2D eigenvalue weighted by Crippen LogP contribution is 2.34. The minimum Gasteiger partial charge on any atom is -0.349 e. The van der Waals surface area contributed by atoms with E-state index in [1.165, 1.54) is 0 Å². The number of carbonyl (C=O) groups is 3. The van der Waals surface area contributed by atoms with Gasteiger partial charge < -0.3 is 15.2 Å². The molecule has 0 bridgehead atoms. The fourth-order valence-corrected chi connectivity index (χ4v) is 3.48. The van der Waals surface area contributed by atoms with Gasteiger partial charge in [-0.2, -0.15) is 0 Å². The highest BCUT2D eigenvalue weighted by Gasteiger charge is 2.35. The number of amides is 4. The van der Waals surface area contributed by atoms with E-state index in [2.05, 4.69) is 47.8 Å². The molecule has 2 aliphatic heterocycles. The number of nitrogens with one attached hydrogen (secondary N) is 3. The second-order valence-corrected chi connectivity index (χ2v) is 6.26. The molecule has 1 saturated heterocycles.